The van der Waals surface area contributed by atoms with Crippen LogP contribution in [0.4, 0.5) is 11.4 Å². The molecule has 0 amide bonds. The zero-order valence-corrected chi connectivity index (χ0v) is 46.9. The third-order valence-electron chi connectivity index (χ3n) is 16.4. The second-order valence-corrected chi connectivity index (χ2v) is 21.5. The van der Waals surface area contributed by atoms with Crippen molar-refractivity contribution in [2.45, 2.75) is 0 Å². The van der Waals surface area contributed by atoms with Crippen LogP contribution in [0.25, 0.3) is 154 Å². The summed E-state index contributed by atoms with van der Waals surface area (Å²) in [5, 5.41) is 23.5. The number of rotatable bonds is 10. The van der Waals surface area contributed by atoms with Crippen molar-refractivity contribution in [1.82, 2.24) is 29.1 Å². The SMILES string of the molecule is [C-]#[N+]c1ccc(-c2ccc3c(c2)c2cc(-c4ccc([N+]#[C-])cc4)ccc2n3-c2ccncc2-c2cc(-n3c4ccc(-c5ccc(C#N)cc5)cc4c4cc(-c5ccc(C#N)cc5)ccc43)ccc2-c2nc(-c3ccccc3)nc(-c3ccccc3)n2)cc1. The Labute approximate surface area is 506 Å². The molecular weight excluding hydrogens is 1080 g/mol. The van der Waals surface area contributed by atoms with Crippen molar-refractivity contribution in [2.24, 2.45) is 0 Å². The monoisotopic (exact) mass is 1120 g/mol. The molecule has 88 heavy (non-hydrogen) atoms. The Balaban J connectivity index is 0.998. The minimum absolute atomic E-state index is 0.482. The fraction of sp³-hybridized carbons (Fsp3) is 0. The summed E-state index contributed by atoms with van der Waals surface area (Å²) in [6.45, 7) is 15.3. The van der Waals surface area contributed by atoms with Crippen LogP contribution in [-0.2, 0) is 0 Å². The number of pyridine rings is 1. The predicted molar refractivity (Wildman–Crippen MR) is 352 cm³/mol. The Kier molecular flexibility index (Phi) is 12.8. The van der Waals surface area contributed by atoms with Gasteiger partial charge in [-0.15, -0.1) is 0 Å². The van der Waals surface area contributed by atoms with Gasteiger partial charge in [0.05, 0.1) is 64.2 Å². The number of nitrogens with zero attached hydrogens (tertiary/aromatic N) is 10. The predicted octanol–water partition coefficient (Wildman–Crippen LogP) is 19.6. The van der Waals surface area contributed by atoms with Gasteiger partial charge in [-0.25, -0.2) is 24.6 Å². The normalized spacial score (nSPS) is 11.1. The first kappa shape index (κ1) is 52.0. The standard InChI is InChI=1S/C78H44N10/c1-81-61-29-21-53(22-30-61)59-27-37-73-68(43-59)69-44-60(54-23-31-62(82-2)32-24-54)28-38-74(69)88(73)75-39-40-83-48-70(75)65-45-63(33-34-64(65)78-85-76(55-9-5-3-6-10-55)84-77(86-78)56-11-7-4-8-12-56)87-71-35-25-57(51-17-13-49(46-79)14-18-51)41-66(71)67-42-58(26-36-72(67)87)52-19-15-50(47-80)16-20-52/h3-45,48H. The summed E-state index contributed by atoms with van der Waals surface area (Å²) in [7, 11) is 0. The first-order valence-corrected chi connectivity index (χ1v) is 28.5. The molecule has 10 heteroatoms. The second-order valence-electron chi connectivity index (χ2n) is 21.5. The number of benzene rings is 11. The molecule has 0 spiro atoms. The van der Waals surface area contributed by atoms with Gasteiger partial charge in [0.1, 0.15) is 0 Å². The zero-order valence-electron chi connectivity index (χ0n) is 46.9. The lowest BCUT2D eigenvalue weighted by molar-refractivity contribution is 1.07. The van der Waals surface area contributed by atoms with Gasteiger partial charge in [0.2, 0.25) is 0 Å². The molecule has 406 valence electrons. The Morgan fingerprint density at radius 2 is 0.716 bits per heavy atom. The van der Waals surface area contributed by atoms with Crippen molar-refractivity contribution in [3.63, 3.8) is 0 Å². The summed E-state index contributed by atoms with van der Waals surface area (Å²) in [5.41, 5.74) is 20.1. The molecule has 0 N–H and O–H groups in total. The van der Waals surface area contributed by atoms with Gasteiger partial charge >= 0.3 is 0 Å². The van der Waals surface area contributed by atoms with Crippen molar-refractivity contribution in [3.8, 4) is 113 Å². The highest BCUT2D eigenvalue weighted by Gasteiger charge is 2.24. The van der Waals surface area contributed by atoms with Crippen molar-refractivity contribution in [1.29, 1.82) is 10.5 Å². The molecule has 0 aliphatic rings. The van der Waals surface area contributed by atoms with Gasteiger partial charge in [0.15, 0.2) is 28.8 Å². The molecule has 4 aromatic heterocycles. The highest BCUT2D eigenvalue weighted by Crippen LogP contribution is 2.44. The lowest BCUT2D eigenvalue weighted by Gasteiger charge is -2.19. The summed E-state index contributed by atoms with van der Waals surface area (Å²) in [6, 6.07) is 90.1. The lowest BCUT2D eigenvalue weighted by Crippen LogP contribution is -2.04. The summed E-state index contributed by atoms with van der Waals surface area (Å²) < 4.78 is 4.64. The van der Waals surface area contributed by atoms with E-state index in [4.69, 9.17) is 33.1 Å². The quantitative estimate of drug-likeness (QED) is 0.126. The van der Waals surface area contributed by atoms with E-state index in [1.807, 2.05) is 170 Å². The molecule has 4 heterocycles. The van der Waals surface area contributed by atoms with E-state index in [2.05, 4.69) is 128 Å². The molecule has 0 fully saturated rings. The zero-order chi connectivity index (χ0) is 59.2. The molecule has 11 aromatic carbocycles. The molecule has 0 aliphatic heterocycles. The number of hydrogen-bond donors (Lipinski definition) is 0. The summed E-state index contributed by atoms with van der Waals surface area (Å²) in [6.07, 6.45) is 3.78. The third-order valence-corrected chi connectivity index (χ3v) is 16.4. The second kappa shape index (κ2) is 21.7. The topological polar surface area (TPSA) is 118 Å². The number of aromatic nitrogens is 6. The Hall–Kier alpha value is -12.9. The summed E-state index contributed by atoms with van der Waals surface area (Å²) >= 11 is 0. The van der Waals surface area contributed by atoms with Crippen LogP contribution in [0.1, 0.15) is 11.1 Å². The van der Waals surface area contributed by atoms with Crippen LogP contribution in [0.3, 0.4) is 0 Å². The van der Waals surface area contributed by atoms with Gasteiger partial charge in [-0.2, -0.15) is 10.5 Å². The van der Waals surface area contributed by atoms with E-state index in [1.54, 1.807) is 0 Å². The van der Waals surface area contributed by atoms with Gasteiger partial charge in [-0.3, -0.25) is 4.98 Å². The summed E-state index contributed by atoms with van der Waals surface area (Å²) in [4.78, 5) is 28.0. The van der Waals surface area contributed by atoms with Gasteiger partial charge in [-0.05, 0) is 147 Å². The molecule has 15 rings (SSSR count). The molecule has 0 aliphatic carbocycles. The fourth-order valence-electron chi connectivity index (χ4n) is 12.0. The average molecular weight is 1120 g/mol. The van der Waals surface area contributed by atoms with Gasteiger partial charge in [0.25, 0.3) is 0 Å². The maximum absolute atomic E-state index is 9.68. The van der Waals surface area contributed by atoms with E-state index >= 15 is 0 Å². The first-order valence-electron chi connectivity index (χ1n) is 28.5. The van der Waals surface area contributed by atoms with Crippen molar-refractivity contribution >= 4 is 55.0 Å². The molecule has 0 saturated carbocycles. The first-order chi connectivity index (χ1) is 43.4. The third kappa shape index (κ3) is 9.22. The molecular formula is C78H44N10. The minimum atomic E-state index is 0.482. The molecule has 0 bridgehead atoms. The lowest BCUT2D eigenvalue weighted by atomic mass is 9.97. The minimum Gasteiger partial charge on any atom is -0.309 e. The van der Waals surface area contributed by atoms with E-state index in [9.17, 15) is 10.5 Å². The van der Waals surface area contributed by atoms with Crippen LogP contribution in [-0.4, -0.2) is 29.1 Å². The van der Waals surface area contributed by atoms with Crippen LogP contribution in [0.15, 0.2) is 267 Å². The molecule has 0 unspecified atom stereocenters. The number of fused-ring (bicyclic) bond motifs is 6. The Morgan fingerprint density at radius 1 is 0.330 bits per heavy atom. The maximum atomic E-state index is 9.68. The molecule has 0 radical (unpaired) electrons. The van der Waals surface area contributed by atoms with E-state index in [-0.39, 0.29) is 0 Å². The Bertz CT molecular complexity index is 5160. The van der Waals surface area contributed by atoms with Crippen molar-refractivity contribution in [2.75, 3.05) is 0 Å². The maximum Gasteiger partial charge on any atom is 0.187 e. The van der Waals surface area contributed by atoms with E-state index in [0.717, 1.165) is 127 Å². The van der Waals surface area contributed by atoms with E-state index in [1.165, 1.54) is 0 Å². The highest BCUT2D eigenvalue weighted by atomic mass is 15.0. The van der Waals surface area contributed by atoms with Crippen molar-refractivity contribution in [3.05, 3.63) is 301 Å². The molecule has 10 nitrogen and oxygen atoms in total. The smallest absolute Gasteiger partial charge is 0.187 e. The fourth-order valence-corrected chi connectivity index (χ4v) is 12.0. The van der Waals surface area contributed by atoms with Gasteiger partial charge in [-0.1, -0.05) is 158 Å². The Morgan fingerprint density at radius 3 is 1.12 bits per heavy atom. The van der Waals surface area contributed by atoms with Crippen molar-refractivity contribution < 1.29 is 0 Å². The van der Waals surface area contributed by atoms with E-state index in [0.29, 0.717) is 40.0 Å². The molecule has 0 saturated heterocycles. The largest absolute Gasteiger partial charge is 0.309 e. The van der Waals surface area contributed by atoms with Crippen LogP contribution in [0.5, 0.6) is 0 Å². The van der Waals surface area contributed by atoms with Crippen LogP contribution in [0, 0.1) is 35.8 Å². The molecule has 15 aromatic rings. The number of hydrogen-bond acceptors (Lipinski definition) is 6. The highest BCUT2D eigenvalue weighted by molar-refractivity contribution is 6.14. The van der Waals surface area contributed by atoms with Gasteiger partial charge in [0, 0.05) is 61.9 Å². The van der Waals surface area contributed by atoms with E-state index < -0.39 is 0 Å². The number of nitriles is 2. The average Bonchev–Trinajstić information content (AvgIpc) is 1.95. The van der Waals surface area contributed by atoms with Crippen LogP contribution < -0.4 is 0 Å². The molecule has 0 atom stereocenters. The summed E-state index contributed by atoms with van der Waals surface area (Å²) in [5.74, 6) is 1.55. The van der Waals surface area contributed by atoms with Crippen LogP contribution >= 0.6 is 0 Å². The van der Waals surface area contributed by atoms with Gasteiger partial charge < -0.3 is 9.13 Å². The van der Waals surface area contributed by atoms with Crippen LogP contribution in [0.2, 0.25) is 0 Å².